The zero-order chi connectivity index (χ0) is 17.3. The number of thiocarbonyl (C=S) groups is 1. The van der Waals surface area contributed by atoms with E-state index in [9.17, 15) is 9.59 Å². The summed E-state index contributed by atoms with van der Waals surface area (Å²) in [5.74, 6) is -0.376. The SMILES string of the molecule is O=C(O)CN1C(=O)C(=Cc2ccc(-c3ccccc3Br)o2)SC1=S. The number of rotatable bonds is 4. The number of carbonyl (C=O) groups excluding carboxylic acids is 1. The first-order chi connectivity index (χ1) is 11.5. The average Bonchev–Trinajstić information content (AvgIpc) is 3.08. The Bertz CT molecular complexity index is 874. The van der Waals surface area contributed by atoms with E-state index in [0.717, 1.165) is 26.7 Å². The summed E-state index contributed by atoms with van der Waals surface area (Å²) in [6, 6.07) is 11.2. The predicted octanol–water partition coefficient (Wildman–Crippen LogP) is 3.99. The van der Waals surface area contributed by atoms with Gasteiger partial charge in [-0.25, -0.2) is 0 Å². The van der Waals surface area contributed by atoms with Crippen LogP contribution in [-0.2, 0) is 9.59 Å². The van der Waals surface area contributed by atoms with Gasteiger partial charge in [-0.2, -0.15) is 0 Å². The highest BCUT2D eigenvalue weighted by molar-refractivity contribution is 9.10. The predicted molar refractivity (Wildman–Crippen MR) is 99.4 cm³/mol. The van der Waals surface area contributed by atoms with Crippen LogP contribution in [0.3, 0.4) is 0 Å². The van der Waals surface area contributed by atoms with Crippen LogP contribution >= 0.6 is 39.9 Å². The van der Waals surface area contributed by atoms with Crippen LogP contribution in [0, 0.1) is 0 Å². The molecule has 1 N–H and O–H groups in total. The Kier molecular flexibility index (Phi) is 4.88. The molecule has 24 heavy (non-hydrogen) atoms. The molecule has 2 aromatic rings. The highest BCUT2D eigenvalue weighted by atomic mass is 79.9. The van der Waals surface area contributed by atoms with Gasteiger partial charge in [0.1, 0.15) is 22.4 Å². The molecule has 0 bridgehead atoms. The molecular formula is C16H10BrNO4S2. The van der Waals surface area contributed by atoms with Gasteiger partial charge in [-0.05, 0) is 18.2 Å². The van der Waals surface area contributed by atoms with Crippen molar-refractivity contribution in [1.82, 2.24) is 4.90 Å². The summed E-state index contributed by atoms with van der Waals surface area (Å²) in [6.45, 7) is -0.442. The number of aliphatic carboxylic acids is 1. The van der Waals surface area contributed by atoms with Gasteiger partial charge in [0.05, 0.1) is 4.91 Å². The van der Waals surface area contributed by atoms with Crippen LogP contribution in [0.5, 0.6) is 0 Å². The Morgan fingerprint density at radius 3 is 2.79 bits per heavy atom. The molecule has 0 spiro atoms. The van der Waals surface area contributed by atoms with Crippen molar-refractivity contribution in [3.63, 3.8) is 0 Å². The van der Waals surface area contributed by atoms with Crippen LogP contribution in [0.4, 0.5) is 0 Å². The summed E-state index contributed by atoms with van der Waals surface area (Å²) in [4.78, 5) is 24.4. The second-order valence-corrected chi connectivity index (χ2v) is 7.37. The van der Waals surface area contributed by atoms with Gasteiger partial charge in [-0.1, -0.05) is 58.1 Å². The quantitative estimate of drug-likeness (QED) is 0.591. The molecular weight excluding hydrogens is 414 g/mol. The lowest BCUT2D eigenvalue weighted by atomic mass is 10.2. The van der Waals surface area contributed by atoms with Crippen LogP contribution in [-0.4, -0.2) is 32.7 Å². The summed E-state index contributed by atoms with van der Waals surface area (Å²) in [6.07, 6.45) is 1.57. The minimum Gasteiger partial charge on any atom is -0.480 e. The van der Waals surface area contributed by atoms with Crippen molar-refractivity contribution < 1.29 is 19.1 Å². The normalized spacial score (nSPS) is 16.2. The largest absolute Gasteiger partial charge is 0.480 e. The molecule has 1 amide bonds. The maximum atomic E-state index is 12.2. The van der Waals surface area contributed by atoms with Crippen molar-refractivity contribution in [2.24, 2.45) is 0 Å². The van der Waals surface area contributed by atoms with E-state index in [2.05, 4.69) is 15.9 Å². The maximum Gasteiger partial charge on any atom is 0.323 e. The fourth-order valence-corrected chi connectivity index (χ4v) is 3.85. The number of carboxylic acids is 1. The summed E-state index contributed by atoms with van der Waals surface area (Å²) < 4.78 is 6.89. The van der Waals surface area contributed by atoms with Crippen molar-refractivity contribution in [3.8, 4) is 11.3 Å². The number of carboxylic acid groups (broad SMARTS) is 1. The van der Waals surface area contributed by atoms with Gasteiger partial charge < -0.3 is 9.52 Å². The number of thioether (sulfide) groups is 1. The van der Waals surface area contributed by atoms with Crippen molar-refractivity contribution >= 4 is 62.2 Å². The number of benzene rings is 1. The molecule has 1 saturated heterocycles. The highest BCUT2D eigenvalue weighted by Crippen LogP contribution is 2.34. The van der Waals surface area contributed by atoms with Crippen LogP contribution in [0.2, 0.25) is 0 Å². The second kappa shape index (κ2) is 6.92. The van der Waals surface area contributed by atoms with E-state index in [-0.39, 0.29) is 4.32 Å². The van der Waals surface area contributed by atoms with Gasteiger partial charge in [0.25, 0.3) is 5.91 Å². The van der Waals surface area contributed by atoms with Crippen LogP contribution in [0.15, 0.2) is 50.2 Å². The smallest absolute Gasteiger partial charge is 0.323 e. The number of amides is 1. The summed E-state index contributed by atoms with van der Waals surface area (Å²) in [7, 11) is 0. The fourth-order valence-electron chi connectivity index (χ4n) is 2.14. The van der Waals surface area contributed by atoms with Crippen LogP contribution < -0.4 is 0 Å². The standard InChI is InChI=1S/C16H10BrNO4S2/c17-11-4-2-1-3-10(11)12-6-5-9(22-12)7-13-15(21)18(8-14(19)20)16(23)24-13/h1-7H,8H2,(H,19,20). The molecule has 1 aliphatic rings. The Morgan fingerprint density at radius 1 is 1.33 bits per heavy atom. The van der Waals surface area contributed by atoms with Crippen molar-refractivity contribution in [1.29, 1.82) is 0 Å². The maximum absolute atomic E-state index is 12.2. The number of nitrogens with zero attached hydrogens (tertiary/aromatic N) is 1. The molecule has 122 valence electrons. The lowest BCUT2D eigenvalue weighted by Gasteiger charge is -2.09. The zero-order valence-electron chi connectivity index (χ0n) is 12.1. The van der Waals surface area contributed by atoms with Crippen molar-refractivity contribution in [2.75, 3.05) is 6.54 Å². The summed E-state index contributed by atoms with van der Waals surface area (Å²) in [5, 5.41) is 8.84. The van der Waals surface area contributed by atoms with Crippen molar-refractivity contribution in [2.45, 2.75) is 0 Å². The number of furan rings is 1. The summed E-state index contributed by atoms with van der Waals surface area (Å²) in [5.41, 5.74) is 0.899. The van der Waals surface area contributed by atoms with Crippen LogP contribution in [0.25, 0.3) is 17.4 Å². The molecule has 0 radical (unpaired) electrons. The fraction of sp³-hybridized carbons (Fsp3) is 0.0625. The van der Waals surface area contributed by atoms with Gasteiger partial charge in [0.2, 0.25) is 0 Å². The molecule has 0 aliphatic carbocycles. The number of carbonyl (C=O) groups is 2. The Hall–Kier alpha value is -1.90. The molecule has 1 aliphatic heterocycles. The van der Waals surface area contributed by atoms with E-state index in [1.54, 1.807) is 12.1 Å². The molecule has 1 fully saturated rings. The molecule has 8 heteroatoms. The second-order valence-electron chi connectivity index (χ2n) is 4.84. The zero-order valence-corrected chi connectivity index (χ0v) is 15.3. The Labute approximate surface area is 155 Å². The molecule has 5 nitrogen and oxygen atoms in total. The van der Waals surface area contributed by atoms with E-state index in [4.69, 9.17) is 21.7 Å². The molecule has 1 aromatic heterocycles. The van der Waals surface area contributed by atoms with Crippen LogP contribution in [0.1, 0.15) is 5.76 Å². The monoisotopic (exact) mass is 423 g/mol. The van der Waals surface area contributed by atoms with Crippen molar-refractivity contribution in [3.05, 3.63) is 51.5 Å². The molecule has 2 heterocycles. The van der Waals surface area contributed by atoms with Gasteiger partial charge in [-0.15, -0.1) is 0 Å². The number of hydrogen-bond donors (Lipinski definition) is 1. The van der Waals surface area contributed by atoms with Gasteiger partial charge in [0.15, 0.2) is 0 Å². The molecule has 0 unspecified atom stereocenters. The first-order valence-electron chi connectivity index (χ1n) is 6.77. The first kappa shape index (κ1) is 16.9. The number of halogens is 1. The van der Waals surface area contributed by atoms with Gasteiger partial charge in [0, 0.05) is 16.1 Å². The molecule has 0 atom stereocenters. The third kappa shape index (κ3) is 3.45. The molecule has 0 saturated carbocycles. The van der Waals surface area contributed by atoms with Gasteiger partial charge >= 0.3 is 5.97 Å². The molecule has 1 aromatic carbocycles. The highest BCUT2D eigenvalue weighted by Gasteiger charge is 2.33. The van der Waals surface area contributed by atoms with E-state index in [1.165, 1.54) is 0 Å². The lowest BCUT2D eigenvalue weighted by molar-refractivity contribution is -0.140. The van der Waals surface area contributed by atoms with Gasteiger partial charge in [-0.3, -0.25) is 14.5 Å². The Morgan fingerprint density at radius 2 is 2.08 bits per heavy atom. The minimum atomic E-state index is -1.11. The first-order valence-corrected chi connectivity index (χ1v) is 8.79. The van der Waals surface area contributed by atoms with E-state index in [0.29, 0.717) is 16.4 Å². The van der Waals surface area contributed by atoms with E-state index >= 15 is 0 Å². The van der Waals surface area contributed by atoms with E-state index < -0.39 is 18.4 Å². The third-order valence-corrected chi connectivity index (χ3v) is 5.28. The lowest BCUT2D eigenvalue weighted by Crippen LogP contribution is -2.33. The minimum absolute atomic E-state index is 0.228. The summed E-state index contributed by atoms with van der Waals surface area (Å²) >= 11 is 9.58. The average molecular weight is 424 g/mol. The number of hydrogen-bond acceptors (Lipinski definition) is 5. The van der Waals surface area contributed by atoms with E-state index in [1.807, 2.05) is 30.3 Å². The molecule has 3 rings (SSSR count). The topological polar surface area (TPSA) is 70.8 Å². The third-order valence-electron chi connectivity index (χ3n) is 3.21. The Balaban J connectivity index is 1.85.